The van der Waals surface area contributed by atoms with Crippen molar-refractivity contribution < 1.29 is 64.6 Å². The van der Waals surface area contributed by atoms with Crippen LogP contribution in [-0.4, -0.2) is 84.1 Å². The molecule has 0 saturated carbocycles. The molecule has 2 heterocycles. The second-order valence-corrected chi connectivity index (χ2v) is 8.26. The Balaban J connectivity index is 1.72. The molecule has 2 aliphatic rings. The maximum atomic E-state index is 11.2. The molecular weight excluding hydrogens is 484 g/mol. The van der Waals surface area contributed by atoms with Crippen LogP contribution in [0, 0.1) is 0 Å². The first-order valence-electron chi connectivity index (χ1n) is 10.6. The number of fused-ring (bicyclic) bond motifs is 1. The number of rotatable bonds is 5. The molecular formula is C23H24O13. The number of hydrogen-bond donors (Lipinski definition) is 8. The quantitative estimate of drug-likeness (QED) is 0.198. The van der Waals surface area contributed by atoms with Gasteiger partial charge >= 0.3 is 5.97 Å². The summed E-state index contributed by atoms with van der Waals surface area (Å²) < 4.78 is 22.0. The molecule has 2 aliphatic heterocycles. The van der Waals surface area contributed by atoms with Gasteiger partial charge in [-0.15, -0.1) is 0 Å². The fourth-order valence-corrected chi connectivity index (χ4v) is 3.83. The van der Waals surface area contributed by atoms with E-state index >= 15 is 0 Å². The van der Waals surface area contributed by atoms with Gasteiger partial charge in [-0.1, -0.05) is 0 Å². The Hall–Kier alpha value is -3.91. The second kappa shape index (κ2) is 9.62. The molecule has 4 rings (SSSR count). The van der Waals surface area contributed by atoms with E-state index in [-0.39, 0.29) is 28.4 Å². The highest BCUT2D eigenvalue weighted by atomic mass is 16.7. The van der Waals surface area contributed by atoms with Crippen LogP contribution in [0.5, 0.6) is 34.5 Å². The number of ether oxygens (including phenoxy) is 4. The van der Waals surface area contributed by atoms with Gasteiger partial charge in [-0.25, -0.2) is 0 Å². The lowest BCUT2D eigenvalue weighted by atomic mass is 9.98. The van der Waals surface area contributed by atoms with Gasteiger partial charge in [0, 0.05) is 24.6 Å². The molecule has 13 heteroatoms. The van der Waals surface area contributed by atoms with Gasteiger partial charge < -0.3 is 59.8 Å². The molecule has 6 atom stereocenters. The Morgan fingerprint density at radius 3 is 2.22 bits per heavy atom. The maximum absolute atomic E-state index is 11.2. The summed E-state index contributed by atoms with van der Waals surface area (Å²) in [5, 5.41) is 80.7. The summed E-state index contributed by atoms with van der Waals surface area (Å²) in [6.07, 6.45) is -8.10. The zero-order valence-corrected chi connectivity index (χ0v) is 18.7. The van der Waals surface area contributed by atoms with Crippen LogP contribution in [-0.2, 0) is 19.0 Å². The van der Waals surface area contributed by atoms with E-state index in [0.29, 0.717) is 0 Å². The number of carbonyl (C=O) groups is 1. The summed E-state index contributed by atoms with van der Waals surface area (Å²) in [5.41, 5.74) is 0.110. The molecule has 0 aromatic heterocycles. The van der Waals surface area contributed by atoms with Crippen LogP contribution in [0.1, 0.15) is 24.2 Å². The first-order valence-corrected chi connectivity index (χ1v) is 10.6. The van der Waals surface area contributed by atoms with Crippen LogP contribution in [0.4, 0.5) is 0 Å². The normalized spacial score (nSPS) is 27.4. The van der Waals surface area contributed by atoms with Crippen molar-refractivity contribution in [3.63, 3.8) is 0 Å². The summed E-state index contributed by atoms with van der Waals surface area (Å²) >= 11 is 0. The lowest BCUT2D eigenvalue weighted by molar-refractivity contribution is -0.294. The van der Waals surface area contributed by atoms with Gasteiger partial charge in [-0.05, 0) is 18.2 Å². The molecule has 0 amide bonds. The standard InChI is InChI=1S/C23H24O13/c1-8(24)33-7-17-19(30)20(31)21(32)23(36-17)35-16-6-11-12(26)4-10(25)5-15(11)34-22(16)9-2-13(27)18(29)14(28)3-9/h2-6,17,19-23,25-32H,7H2,1H3. The molecule has 2 aromatic carbocycles. The van der Waals surface area contributed by atoms with E-state index in [2.05, 4.69) is 0 Å². The fourth-order valence-electron chi connectivity index (χ4n) is 3.83. The minimum Gasteiger partial charge on any atom is -0.508 e. The SMILES string of the molecule is CC(=O)OCC1OC(OC2=Cc3c(O)cc(O)cc3OC2c2cc(O)c(O)c(O)c2)C(O)C(O)C1O. The van der Waals surface area contributed by atoms with Gasteiger partial charge in [0.25, 0.3) is 0 Å². The molecule has 36 heavy (non-hydrogen) atoms. The summed E-state index contributed by atoms with van der Waals surface area (Å²) in [6, 6.07) is 4.35. The number of aromatic hydroxyl groups is 5. The van der Waals surface area contributed by atoms with Gasteiger partial charge in [0.15, 0.2) is 23.4 Å². The van der Waals surface area contributed by atoms with Crippen LogP contribution >= 0.6 is 0 Å². The van der Waals surface area contributed by atoms with Crippen molar-refractivity contribution >= 4 is 12.0 Å². The molecule has 1 saturated heterocycles. The number of phenols is 5. The van der Waals surface area contributed by atoms with E-state index in [1.807, 2.05) is 0 Å². The predicted molar refractivity (Wildman–Crippen MR) is 117 cm³/mol. The zero-order valence-electron chi connectivity index (χ0n) is 18.7. The first kappa shape index (κ1) is 25.2. The summed E-state index contributed by atoms with van der Waals surface area (Å²) in [7, 11) is 0. The van der Waals surface area contributed by atoms with Gasteiger partial charge in [0.2, 0.25) is 6.29 Å². The monoisotopic (exact) mass is 508 g/mol. The van der Waals surface area contributed by atoms with Crippen molar-refractivity contribution in [3.8, 4) is 34.5 Å². The number of benzene rings is 2. The summed E-state index contributed by atoms with van der Waals surface area (Å²) in [5.74, 6) is -3.72. The number of hydrogen-bond acceptors (Lipinski definition) is 13. The molecule has 2 aromatic rings. The van der Waals surface area contributed by atoms with Crippen molar-refractivity contribution in [1.29, 1.82) is 0 Å². The number of aliphatic hydroxyl groups is 3. The average molecular weight is 508 g/mol. The largest absolute Gasteiger partial charge is 0.508 e. The molecule has 6 unspecified atom stereocenters. The molecule has 13 nitrogen and oxygen atoms in total. The first-order chi connectivity index (χ1) is 17.0. The van der Waals surface area contributed by atoms with Crippen LogP contribution in [0.2, 0.25) is 0 Å². The Morgan fingerprint density at radius 1 is 0.917 bits per heavy atom. The Labute approximate surface area is 203 Å². The molecule has 194 valence electrons. The predicted octanol–water partition coefficient (Wildman–Crippen LogP) is 0.0765. The molecule has 0 bridgehead atoms. The Morgan fingerprint density at radius 2 is 1.58 bits per heavy atom. The van der Waals surface area contributed by atoms with E-state index in [4.69, 9.17) is 18.9 Å². The van der Waals surface area contributed by atoms with Gasteiger partial charge in [0.05, 0.1) is 5.56 Å². The highest BCUT2D eigenvalue weighted by Gasteiger charge is 2.46. The summed E-state index contributed by atoms with van der Waals surface area (Å²) in [6.45, 7) is 0.676. The Bertz CT molecular complexity index is 1170. The lowest BCUT2D eigenvalue weighted by Crippen LogP contribution is -2.59. The number of phenolic OH excluding ortho intramolecular Hbond substituents is 5. The highest BCUT2D eigenvalue weighted by molar-refractivity contribution is 5.70. The van der Waals surface area contributed by atoms with Crippen molar-refractivity contribution in [3.05, 3.63) is 41.2 Å². The third-order valence-electron chi connectivity index (χ3n) is 5.66. The smallest absolute Gasteiger partial charge is 0.302 e. The topological polar surface area (TPSA) is 216 Å². The Kier molecular flexibility index (Phi) is 6.73. The van der Waals surface area contributed by atoms with Crippen molar-refractivity contribution in [1.82, 2.24) is 0 Å². The molecule has 8 N–H and O–H groups in total. The molecule has 0 spiro atoms. The fraction of sp³-hybridized carbons (Fsp3) is 0.348. The van der Waals surface area contributed by atoms with Gasteiger partial charge in [0.1, 0.15) is 54.0 Å². The third-order valence-corrected chi connectivity index (χ3v) is 5.66. The average Bonchev–Trinajstić information content (AvgIpc) is 2.81. The van der Waals surface area contributed by atoms with Crippen LogP contribution < -0.4 is 4.74 Å². The molecule has 0 radical (unpaired) electrons. The minimum atomic E-state index is -1.79. The molecule has 0 aliphatic carbocycles. The number of aliphatic hydroxyl groups excluding tert-OH is 3. The van der Waals surface area contributed by atoms with Crippen molar-refractivity contribution in [2.24, 2.45) is 0 Å². The maximum Gasteiger partial charge on any atom is 0.302 e. The van der Waals surface area contributed by atoms with Crippen LogP contribution in [0.15, 0.2) is 30.0 Å². The third kappa shape index (κ3) is 4.77. The van der Waals surface area contributed by atoms with E-state index in [1.165, 1.54) is 12.1 Å². The minimum absolute atomic E-state index is 0.00907. The van der Waals surface area contributed by atoms with Gasteiger partial charge in [-0.3, -0.25) is 4.79 Å². The molecule has 1 fully saturated rings. The van der Waals surface area contributed by atoms with E-state index in [0.717, 1.165) is 25.1 Å². The summed E-state index contributed by atoms with van der Waals surface area (Å²) in [4.78, 5) is 11.2. The zero-order chi connectivity index (χ0) is 26.3. The van der Waals surface area contributed by atoms with E-state index in [1.54, 1.807) is 0 Å². The lowest BCUT2D eigenvalue weighted by Gasteiger charge is -2.41. The van der Waals surface area contributed by atoms with Crippen molar-refractivity contribution in [2.45, 2.75) is 43.7 Å². The van der Waals surface area contributed by atoms with E-state index in [9.17, 15) is 45.6 Å². The highest BCUT2D eigenvalue weighted by Crippen LogP contribution is 2.46. The van der Waals surface area contributed by atoms with Crippen molar-refractivity contribution in [2.75, 3.05) is 6.61 Å². The van der Waals surface area contributed by atoms with Crippen LogP contribution in [0.25, 0.3) is 6.08 Å². The van der Waals surface area contributed by atoms with Crippen LogP contribution in [0.3, 0.4) is 0 Å². The second-order valence-electron chi connectivity index (χ2n) is 8.26. The van der Waals surface area contributed by atoms with Gasteiger partial charge in [-0.2, -0.15) is 0 Å². The number of esters is 1. The number of carbonyl (C=O) groups excluding carboxylic acids is 1. The van der Waals surface area contributed by atoms with E-state index < -0.39 is 72.4 Å².